The van der Waals surface area contributed by atoms with Gasteiger partial charge in [-0.15, -0.1) is 0 Å². The van der Waals surface area contributed by atoms with E-state index in [0.29, 0.717) is 6.54 Å². The molecule has 0 saturated carbocycles. The van der Waals surface area contributed by atoms with E-state index in [-0.39, 0.29) is 5.92 Å². The van der Waals surface area contributed by atoms with Crippen molar-refractivity contribution in [2.24, 2.45) is 5.92 Å². The van der Waals surface area contributed by atoms with E-state index in [9.17, 15) is 12.8 Å². The summed E-state index contributed by atoms with van der Waals surface area (Å²) in [5, 5.41) is -0.496. The van der Waals surface area contributed by atoms with Gasteiger partial charge in [0.05, 0.1) is 0 Å². The largest absolute Gasteiger partial charge is 0.306 e. The SMILES string of the molecule is CN1CCC(CN(C)S(=O)(=O)c2ncccc2F)C1. The highest BCUT2D eigenvalue weighted by atomic mass is 32.2. The minimum absolute atomic E-state index is 0.288. The number of sulfonamides is 1. The van der Waals surface area contributed by atoms with E-state index < -0.39 is 20.9 Å². The van der Waals surface area contributed by atoms with Crippen molar-refractivity contribution in [2.75, 3.05) is 33.7 Å². The molecule has 0 aliphatic carbocycles. The molecule has 1 aromatic heterocycles. The molecule has 106 valence electrons. The Kier molecular flexibility index (Phi) is 4.17. The van der Waals surface area contributed by atoms with E-state index in [1.54, 1.807) is 0 Å². The van der Waals surface area contributed by atoms with Crippen molar-refractivity contribution >= 4 is 10.0 Å². The fraction of sp³-hybridized carbons (Fsp3) is 0.583. The standard InChI is InChI=1S/C12H18FN3O2S/c1-15-7-5-10(8-15)9-16(2)19(17,18)12-11(13)4-3-6-14-12/h3-4,6,10H,5,7-9H2,1-2H3. The van der Waals surface area contributed by atoms with Crippen LogP contribution in [-0.2, 0) is 10.0 Å². The molecule has 1 aliphatic rings. The van der Waals surface area contributed by atoms with E-state index in [0.717, 1.165) is 25.6 Å². The minimum atomic E-state index is -3.85. The zero-order valence-corrected chi connectivity index (χ0v) is 11.9. The summed E-state index contributed by atoms with van der Waals surface area (Å²) in [5.74, 6) is -0.519. The van der Waals surface area contributed by atoms with Crippen LogP contribution in [0.1, 0.15) is 6.42 Å². The highest BCUT2D eigenvalue weighted by Crippen LogP contribution is 2.20. The molecule has 0 amide bonds. The lowest BCUT2D eigenvalue weighted by atomic mass is 10.1. The summed E-state index contributed by atoms with van der Waals surface area (Å²) in [5.41, 5.74) is 0. The molecule has 0 bridgehead atoms. The van der Waals surface area contributed by atoms with E-state index in [2.05, 4.69) is 9.88 Å². The van der Waals surface area contributed by atoms with Crippen LogP contribution in [0.5, 0.6) is 0 Å². The zero-order chi connectivity index (χ0) is 14.0. The lowest BCUT2D eigenvalue weighted by Gasteiger charge is -2.20. The molecule has 1 fully saturated rings. The van der Waals surface area contributed by atoms with Gasteiger partial charge in [-0.25, -0.2) is 17.8 Å². The average molecular weight is 287 g/mol. The Morgan fingerprint density at radius 3 is 2.89 bits per heavy atom. The third kappa shape index (κ3) is 3.10. The van der Waals surface area contributed by atoms with Gasteiger partial charge in [-0.05, 0) is 38.1 Å². The van der Waals surface area contributed by atoms with Crippen LogP contribution in [0.4, 0.5) is 4.39 Å². The monoisotopic (exact) mass is 287 g/mol. The second-order valence-corrected chi connectivity index (χ2v) is 6.95. The average Bonchev–Trinajstić information content (AvgIpc) is 2.75. The van der Waals surface area contributed by atoms with Crippen LogP contribution in [0.25, 0.3) is 0 Å². The van der Waals surface area contributed by atoms with Crippen molar-refractivity contribution in [3.05, 3.63) is 24.1 Å². The molecule has 1 saturated heterocycles. The molecule has 1 aromatic rings. The van der Waals surface area contributed by atoms with Gasteiger partial charge in [0.15, 0.2) is 5.82 Å². The van der Waals surface area contributed by atoms with Crippen LogP contribution in [-0.4, -0.2) is 56.3 Å². The topological polar surface area (TPSA) is 53.5 Å². The predicted molar refractivity (Wildman–Crippen MR) is 69.6 cm³/mol. The Bertz CT molecular complexity index is 550. The fourth-order valence-electron chi connectivity index (χ4n) is 2.35. The van der Waals surface area contributed by atoms with Crippen molar-refractivity contribution in [1.82, 2.24) is 14.2 Å². The second-order valence-electron chi connectivity index (χ2n) is 4.99. The van der Waals surface area contributed by atoms with Crippen LogP contribution in [0.15, 0.2) is 23.4 Å². The van der Waals surface area contributed by atoms with Gasteiger partial charge >= 0.3 is 0 Å². The van der Waals surface area contributed by atoms with Gasteiger partial charge < -0.3 is 4.90 Å². The summed E-state index contributed by atoms with van der Waals surface area (Å²) in [6, 6.07) is 2.48. The molecule has 5 nitrogen and oxygen atoms in total. The highest BCUT2D eigenvalue weighted by Gasteiger charge is 2.29. The summed E-state index contributed by atoms with van der Waals surface area (Å²) in [7, 11) is -0.365. The second kappa shape index (κ2) is 5.52. The van der Waals surface area contributed by atoms with Crippen LogP contribution in [0.3, 0.4) is 0 Å². The first-order chi connectivity index (χ1) is 8.91. The molecule has 1 atom stereocenters. The van der Waals surface area contributed by atoms with Gasteiger partial charge in [-0.3, -0.25) is 0 Å². The number of hydrogen-bond donors (Lipinski definition) is 0. The first-order valence-electron chi connectivity index (χ1n) is 6.16. The number of halogens is 1. The van der Waals surface area contributed by atoms with Crippen LogP contribution >= 0.6 is 0 Å². The van der Waals surface area contributed by atoms with Crippen LogP contribution < -0.4 is 0 Å². The van der Waals surface area contributed by atoms with Crippen molar-refractivity contribution in [3.8, 4) is 0 Å². The predicted octanol–water partition coefficient (Wildman–Crippen LogP) is 0.793. The smallest absolute Gasteiger partial charge is 0.263 e. The zero-order valence-electron chi connectivity index (χ0n) is 11.1. The molecule has 0 radical (unpaired) electrons. The highest BCUT2D eigenvalue weighted by molar-refractivity contribution is 7.89. The fourth-order valence-corrected chi connectivity index (χ4v) is 3.56. The van der Waals surface area contributed by atoms with Gasteiger partial charge in [0.2, 0.25) is 5.03 Å². The molecule has 0 aromatic carbocycles. The van der Waals surface area contributed by atoms with Crippen LogP contribution in [0, 0.1) is 11.7 Å². The van der Waals surface area contributed by atoms with Gasteiger partial charge in [0, 0.05) is 26.3 Å². The molecule has 0 spiro atoms. The van der Waals surface area contributed by atoms with Gasteiger partial charge in [0.25, 0.3) is 10.0 Å². The van der Waals surface area contributed by atoms with Crippen LogP contribution in [0.2, 0.25) is 0 Å². The van der Waals surface area contributed by atoms with E-state index in [1.807, 2.05) is 7.05 Å². The number of aromatic nitrogens is 1. The quantitative estimate of drug-likeness (QED) is 0.822. The number of likely N-dealkylation sites (tertiary alicyclic amines) is 1. The number of rotatable bonds is 4. The number of nitrogens with zero attached hydrogens (tertiary/aromatic N) is 3. The minimum Gasteiger partial charge on any atom is -0.306 e. The molecule has 19 heavy (non-hydrogen) atoms. The van der Waals surface area contributed by atoms with Crippen molar-refractivity contribution in [1.29, 1.82) is 0 Å². The maximum absolute atomic E-state index is 13.5. The number of hydrogen-bond acceptors (Lipinski definition) is 4. The van der Waals surface area contributed by atoms with E-state index >= 15 is 0 Å². The van der Waals surface area contributed by atoms with Gasteiger partial charge in [-0.2, -0.15) is 4.31 Å². The Labute approximate surface area is 113 Å². The van der Waals surface area contributed by atoms with Gasteiger partial charge in [0.1, 0.15) is 0 Å². The molecule has 7 heteroatoms. The molecule has 1 unspecified atom stereocenters. The van der Waals surface area contributed by atoms with Gasteiger partial charge in [-0.1, -0.05) is 0 Å². The Morgan fingerprint density at radius 2 is 2.32 bits per heavy atom. The molecular weight excluding hydrogens is 269 g/mol. The molecule has 2 heterocycles. The molecule has 0 N–H and O–H groups in total. The first-order valence-corrected chi connectivity index (χ1v) is 7.60. The normalized spacial score (nSPS) is 21.2. The summed E-state index contributed by atoms with van der Waals surface area (Å²) >= 11 is 0. The van der Waals surface area contributed by atoms with E-state index in [1.165, 1.54) is 23.6 Å². The lowest BCUT2D eigenvalue weighted by molar-refractivity contribution is 0.355. The molecular formula is C12H18FN3O2S. The Hall–Kier alpha value is -1.05. The summed E-state index contributed by atoms with van der Waals surface area (Å²) in [6.07, 6.45) is 2.24. The summed E-state index contributed by atoms with van der Waals surface area (Å²) in [6.45, 7) is 2.23. The number of pyridine rings is 1. The molecule has 2 rings (SSSR count). The van der Waals surface area contributed by atoms with Crippen molar-refractivity contribution in [3.63, 3.8) is 0 Å². The first kappa shape index (κ1) is 14.4. The van der Waals surface area contributed by atoms with E-state index in [4.69, 9.17) is 0 Å². The van der Waals surface area contributed by atoms with Crippen molar-refractivity contribution < 1.29 is 12.8 Å². The van der Waals surface area contributed by atoms with Crippen molar-refractivity contribution in [2.45, 2.75) is 11.4 Å². The Balaban J connectivity index is 2.14. The maximum Gasteiger partial charge on any atom is 0.263 e. The summed E-state index contributed by atoms with van der Waals surface area (Å²) in [4.78, 5) is 5.80. The lowest BCUT2D eigenvalue weighted by Crippen LogP contribution is -2.33. The summed E-state index contributed by atoms with van der Waals surface area (Å²) < 4.78 is 39.2. The maximum atomic E-state index is 13.5. The Morgan fingerprint density at radius 1 is 1.58 bits per heavy atom. The third-order valence-corrected chi connectivity index (χ3v) is 5.14. The third-order valence-electron chi connectivity index (χ3n) is 3.38. The molecule has 1 aliphatic heterocycles.